The second-order valence-electron chi connectivity index (χ2n) is 3.56. The second-order valence-corrected chi connectivity index (χ2v) is 3.70. The molecular weight excluding hydrogens is 268 g/mol. The molecule has 112 valence electrons. The van der Waals surface area contributed by atoms with E-state index in [9.17, 15) is 0 Å². The molecule has 0 saturated heterocycles. The number of hydrogen-bond donors (Lipinski definition) is 0. The van der Waals surface area contributed by atoms with Crippen LogP contribution in [0.25, 0.3) is 11.1 Å². The van der Waals surface area contributed by atoms with Gasteiger partial charge in [0.05, 0.1) is 0 Å². The van der Waals surface area contributed by atoms with Gasteiger partial charge in [0, 0.05) is 0 Å². The molecule has 1 aliphatic carbocycles. The maximum absolute atomic E-state index is 8.29. The Morgan fingerprint density at radius 2 is 0.950 bits per heavy atom. The third-order valence-corrected chi connectivity index (χ3v) is 2.71. The highest BCUT2D eigenvalue weighted by Gasteiger charge is 2.15. The van der Waals surface area contributed by atoms with Gasteiger partial charge in [-0.1, -0.05) is 78.2 Å². The van der Waals surface area contributed by atoms with Gasteiger partial charge in [0.2, 0.25) is 0 Å². The van der Waals surface area contributed by atoms with Crippen molar-refractivity contribution in [1.82, 2.24) is 0 Å². The number of fused-ring (bicyclic) bond motifs is 3. The first kappa shape index (κ1) is 23.4. The Balaban J connectivity index is -0.000000384. The Hall–Kier alpha value is -1.74. The second kappa shape index (κ2) is 11.1. The minimum absolute atomic E-state index is 0. The van der Waals surface area contributed by atoms with Crippen molar-refractivity contribution in [2.75, 3.05) is 0 Å². The standard InChI is InChI=1S/C13H10.4CH4.O2S/c1-3-7-12-10(5-1)9-11-6-2-4-8-13(11)12;;;;;1-3-2/h1-8H,9H2;4*1H4;. The molecule has 3 rings (SSSR count). The SMILES string of the molecule is C.C.C.C.O=S=O.c1ccc2c(c1)Cc1ccccc1-2. The molecule has 0 fully saturated rings. The van der Waals surface area contributed by atoms with Gasteiger partial charge in [-0.15, -0.1) is 0 Å². The van der Waals surface area contributed by atoms with Crippen LogP contribution in [0.5, 0.6) is 0 Å². The topological polar surface area (TPSA) is 34.1 Å². The van der Waals surface area contributed by atoms with Crippen LogP contribution in [0.15, 0.2) is 48.5 Å². The molecule has 0 amide bonds. The van der Waals surface area contributed by atoms with E-state index in [0.29, 0.717) is 0 Å². The highest BCUT2D eigenvalue weighted by molar-refractivity contribution is 7.51. The van der Waals surface area contributed by atoms with E-state index in [1.54, 1.807) is 0 Å². The molecular formula is C17H26O2S. The van der Waals surface area contributed by atoms with Crippen LogP contribution in [0.4, 0.5) is 0 Å². The predicted molar refractivity (Wildman–Crippen MR) is 90.5 cm³/mol. The first-order chi connectivity index (χ1) is 7.86. The zero-order valence-corrected chi connectivity index (χ0v) is 9.37. The van der Waals surface area contributed by atoms with Crippen molar-refractivity contribution in [2.24, 2.45) is 0 Å². The Morgan fingerprint density at radius 3 is 1.30 bits per heavy atom. The van der Waals surface area contributed by atoms with Crippen LogP contribution in [-0.2, 0) is 18.0 Å². The van der Waals surface area contributed by atoms with E-state index >= 15 is 0 Å². The molecule has 0 heterocycles. The molecule has 2 aromatic carbocycles. The molecule has 0 radical (unpaired) electrons. The lowest BCUT2D eigenvalue weighted by Gasteiger charge is -1.98. The maximum Gasteiger partial charge on any atom is 0.335 e. The largest absolute Gasteiger partial charge is 0.335 e. The zero-order chi connectivity index (χ0) is 11.4. The van der Waals surface area contributed by atoms with Crippen molar-refractivity contribution < 1.29 is 8.42 Å². The van der Waals surface area contributed by atoms with Crippen LogP contribution in [0.3, 0.4) is 0 Å². The molecule has 2 aromatic rings. The molecule has 0 bridgehead atoms. The molecule has 0 saturated carbocycles. The van der Waals surface area contributed by atoms with Crippen LogP contribution >= 0.6 is 0 Å². The van der Waals surface area contributed by atoms with Gasteiger partial charge in [0.15, 0.2) is 0 Å². The van der Waals surface area contributed by atoms with E-state index < -0.39 is 11.6 Å². The van der Waals surface area contributed by atoms with Gasteiger partial charge in [-0.25, -0.2) is 0 Å². The Bertz CT molecular complexity index is 501. The van der Waals surface area contributed by atoms with Crippen LogP contribution in [0.2, 0.25) is 0 Å². The van der Waals surface area contributed by atoms with Crippen molar-refractivity contribution in [3.05, 3.63) is 59.7 Å². The third kappa shape index (κ3) is 4.74. The molecule has 0 aliphatic heterocycles. The third-order valence-electron chi connectivity index (χ3n) is 2.71. The fourth-order valence-electron chi connectivity index (χ4n) is 2.08. The summed E-state index contributed by atoms with van der Waals surface area (Å²) in [6.07, 6.45) is 1.10. The van der Waals surface area contributed by atoms with Gasteiger partial charge in [-0.05, 0) is 28.7 Å². The van der Waals surface area contributed by atoms with E-state index in [1.807, 2.05) is 0 Å². The van der Waals surface area contributed by atoms with Crippen molar-refractivity contribution >= 4 is 11.6 Å². The van der Waals surface area contributed by atoms with Gasteiger partial charge in [0.25, 0.3) is 0 Å². The fourth-order valence-corrected chi connectivity index (χ4v) is 2.08. The zero-order valence-electron chi connectivity index (χ0n) is 8.55. The summed E-state index contributed by atoms with van der Waals surface area (Å²) in [6, 6.07) is 17.3. The molecule has 20 heavy (non-hydrogen) atoms. The number of benzene rings is 2. The summed E-state index contributed by atoms with van der Waals surface area (Å²) < 4.78 is 16.6. The van der Waals surface area contributed by atoms with Gasteiger partial charge in [-0.3, -0.25) is 0 Å². The van der Waals surface area contributed by atoms with E-state index in [1.165, 1.54) is 22.3 Å². The molecule has 0 unspecified atom stereocenters. The van der Waals surface area contributed by atoms with Crippen LogP contribution in [0, 0.1) is 0 Å². The van der Waals surface area contributed by atoms with Crippen molar-refractivity contribution in [1.29, 1.82) is 0 Å². The lowest BCUT2D eigenvalue weighted by atomic mass is 10.1. The summed E-state index contributed by atoms with van der Waals surface area (Å²) in [4.78, 5) is 0. The van der Waals surface area contributed by atoms with Crippen LogP contribution in [-0.4, -0.2) is 8.42 Å². The average molecular weight is 294 g/mol. The monoisotopic (exact) mass is 294 g/mol. The van der Waals surface area contributed by atoms with Crippen molar-refractivity contribution in [2.45, 2.75) is 36.1 Å². The molecule has 2 nitrogen and oxygen atoms in total. The lowest BCUT2D eigenvalue weighted by molar-refractivity contribution is 0.630. The molecule has 0 aromatic heterocycles. The molecule has 0 N–H and O–H groups in total. The first-order valence-electron chi connectivity index (χ1n) is 4.95. The number of rotatable bonds is 0. The maximum atomic E-state index is 8.29. The van der Waals surface area contributed by atoms with Gasteiger partial charge in [-0.2, -0.15) is 8.42 Å². The van der Waals surface area contributed by atoms with E-state index in [2.05, 4.69) is 48.5 Å². The smallest absolute Gasteiger partial charge is 0.168 e. The van der Waals surface area contributed by atoms with Crippen molar-refractivity contribution in [3.8, 4) is 11.1 Å². The molecule has 1 aliphatic rings. The highest BCUT2D eigenvalue weighted by atomic mass is 32.1. The predicted octanol–water partition coefficient (Wildman–Crippen LogP) is 5.13. The van der Waals surface area contributed by atoms with Gasteiger partial charge >= 0.3 is 11.6 Å². The van der Waals surface area contributed by atoms with E-state index in [4.69, 9.17) is 8.42 Å². The summed E-state index contributed by atoms with van der Waals surface area (Å²) in [6.45, 7) is 0. The lowest BCUT2D eigenvalue weighted by Crippen LogP contribution is -1.77. The summed E-state index contributed by atoms with van der Waals surface area (Å²) >= 11 is -0.750. The average Bonchev–Trinajstić information content (AvgIpc) is 2.68. The minimum Gasteiger partial charge on any atom is -0.168 e. The van der Waals surface area contributed by atoms with Gasteiger partial charge < -0.3 is 0 Å². The van der Waals surface area contributed by atoms with Crippen molar-refractivity contribution in [3.63, 3.8) is 0 Å². The minimum atomic E-state index is -0.750. The fraction of sp³-hybridized carbons (Fsp3) is 0.294. The summed E-state index contributed by atoms with van der Waals surface area (Å²) in [5, 5.41) is 0. The highest BCUT2D eigenvalue weighted by Crippen LogP contribution is 2.35. The van der Waals surface area contributed by atoms with Crippen LogP contribution in [0.1, 0.15) is 40.8 Å². The Kier molecular flexibility index (Phi) is 13.0. The molecule has 3 heteroatoms. The normalized spacial score (nSPS) is 8.60. The summed E-state index contributed by atoms with van der Waals surface area (Å²) in [7, 11) is 0. The first-order valence-corrected chi connectivity index (χ1v) is 5.61. The summed E-state index contributed by atoms with van der Waals surface area (Å²) in [5.74, 6) is 0. The summed E-state index contributed by atoms with van der Waals surface area (Å²) in [5.41, 5.74) is 5.75. The quantitative estimate of drug-likeness (QED) is 0.576. The number of hydrogen-bond acceptors (Lipinski definition) is 2. The van der Waals surface area contributed by atoms with E-state index in [-0.39, 0.29) is 29.7 Å². The molecule has 0 spiro atoms. The van der Waals surface area contributed by atoms with E-state index in [0.717, 1.165) is 6.42 Å². The van der Waals surface area contributed by atoms with Gasteiger partial charge in [0.1, 0.15) is 0 Å². The van der Waals surface area contributed by atoms with Crippen LogP contribution < -0.4 is 0 Å². The molecule has 0 atom stereocenters. The Labute approximate surface area is 127 Å². The Morgan fingerprint density at radius 1 is 0.650 bits per heavy atom.